The minimum Gasteiger partial charge on any atom is -0.512 e. The van der Waals surface area contributed by atoms with Gasteiger partial charge in [-0.25, -0.2) is 0 Å². The van der Waals surface area contributed by atoms with E-state index < -0.39 is 0 Å². The molecule has 0 saturated heterocycles. The Morgan fingerprint density at radius 1 is 0.805 bits per heavy atom. The number of rotatable bonds is 6. The van der Waals surface area contributed by atoms with Crippen LogP contribution in [0, 0.1) is 17.9 Å². The fourth-order valence-electron chi connectivity index (χ4n) is 4.74. The summed E-state index contributed by atoms with van der Waals surface area (Å²) < 4.78 is 2.65. The summed E-state index contributed by atoms with van der Waals surface area (Å²) in [6.07, 6.45) is 3.26. The van der Waals surface area contributed by atoms with Gasteiger partial charge in [-0.05, 0) is 28.9 Å². The van der Waals surface area contributed by atoms with Crippen molar-refractivity contribution in [3.63, 3.8) is 0 Å². The van der Waals surface area contributed by atoms with Crippen molar-refractivity contribution in [2.45, 2.75) is 67.2 Å². The molecule has 0 aliphatic rings. The van der Waals surface area contributed by atoms with Crippen LogP contribution in [-0.4, -0.2) is 15.9 Å². The molecule has 2 aromatic heterocycles. The van der Waals surface area contributed by atoms with Gasteiger partial charge < -0.3 is 5.11 Å². The fraction of sp³-hybridized carbons (Fsp3) is 0.333. The number of nitrogens with zero attached hydrogens (tertiary/aromatic N) is 1. The van der Waals surface area contributed by atoms with Gasteiger partial charge in [0.1, 0.15) is 0 Å². The van der Waals surface area contributed by atoms with E-state index in [4.69, 9.17) is 4.98 Å². The Hall–Kier alpha value is -2.85. The van der Waals surface area contributed by atoms with Gasteiger partial charge in [-0.1, -0.05) is 103 Å². The minimum absolute atomic E-state index is 0. The summed E-state index contributed by atoms with van der Waals surface area (Å²) in [5.74, 6) is 1.11. The number of fused-ring (bicyclic) bond motifs is 4. The number of carbonyl (C=O) groups excluding carboxylic acids is 1. The quantitative estimate of drug-likeness (QED) is 0.107. The molecule has 217 valence electrons. The zero-order valence-corrected chi connectivity index (χ0v) is 28.4. The molecule has 0 amide bonds. The average molecular weight is 743 g/mol. The summed E-state index contributed by atoms with van der Waals surface area (Å²) >= 11 is 1.88. The third kappa shape index (κ3) is 7.14. The summed E-state index contributed by atoms with van der Waals surface area (Å²) in [6.45, 7) is 16.4. The molecule has 2 heterocycles. The topological polar surface area (TPSA) is 50.2 Å². The summed E-state index contributed by atoms with van der Waals surface area (Å²) in [7, 11) is 0. The van der Waals surface area contributed by atoms with Crippen molar-refractivity contribution < 1.29 is 30.0 Å². The smallest absolute Gasteiger partial charge is 0.161 e. The van der Waals surface area contributed by atoms with E-state index in [2.05, 4.69) is 88.4 Å². The summed E-state index contributed by atoms with van der Waals surface area (Å²) in [4.78, 5) is 15.9. The number of aliphatic hydroxyl groups is 1. The maximum Gasteiger partial charge on any atom is 0.161 e. The largest absolute Gasteiger partial charge is 0.512 e. The van der Waals surface area contributed by atoms with Crippen LogP contribution in [0.1, 0.15) is 78.4 Å². The number of hydrogen-bond donors (Lipinski definition) is 1. The van der Waals surface area contributed by atoms with E-state index in [1.165, 1.54) is 42.8 Å². The van der Waals surface area contributed by atoms with Crippen LogP contribution in [-0.2, 0) is 24.9 Å². The van der Waals surface area contributed by atoms with Crippen LogP contribution in [0.3, 0.4) is 0 Å². The Balaban J connectivity index is 0.000000331. The maximum atomic E-state index is 11.0. The number of allylic oxidation sites excluding steroid dienone is 2. The van der Waals surface area contributed by atoms with Crippen LogP contribution in [0.25, 0.3) is 42.2 Å². The normalized spacial score (nSPS) is 12.0. The van der Waals surface area contributed by atoms with Gasteiger partial charge in [-0.2, -0.15) is 0 Å². The molecule has 1 radical (unpaired) electrons. The van der Waals surface area contributed by atoms with Crippen LogP contribution in [0.5, 0.6) is 0 Å². The van der Waals surface area contributed by atoms with Gasteiger partial charge in [-0.3, -0.25) is 9.78 Å². The number of hydrogen-bond acceptors (Lipinski definition) is 4. The Morgan fingerprint density at radius 3 is 2.07 bits per heavy atom. The van der Waals surface area contributed by atoms with Crippen LogP contribution in [0.4, 0.5) is 0 Å². The molecule has 5 rings (SSSR count). The first-order valence-electron chi connectivity index (χ1n) is 14.2. The Bertz CT molecular complexity index is 1690. The van der Waals surface area contributed by atoms with Crippen LogP contribution >= 0.6 is 11.3 Å². The first-order valence-corrected chi connectivity index (χ1v) is 15.0. The molecule has 0 saturated carbocycles. The third-order valence-corrected chi connectivity index (χ3v) is 8.48. The van der Waals surface area contributed by atoms with Gasteiger partial charge in [-0.15, -0.1) is 40.5 Å². The van der Waals surface area contributed by atoms with Gasteiger partial charge in [0.15, 0.2) is 5.78 Å². The molecule has 0 unspecified atom stereocenters. The monoisotopic (exact) mass is 743 g/mol. The van der Waals surface area contributed by atoms with Crippen molar-refractivity contribution in [2.75, 3.05) is 0 Å². The molecule has 0 aliphatic heterocycles. The summed E-state index contributed by atoms with van der Waals surface area (Å²) in [6, 6.07) is 23.4. The molecule has 0 atom stereocenters. The van der Waals surface area contributed by atoms with Crippen molar-refractivity contribution in [1.82, 2.24) is 4.98 Å². The molecule has 0 aliphatic carbocycles. The molecule has 5 aromatic rings. The molecule has 41 heavy (non-hydrogen) atoms. The number of benzene rings is 3. The van der Waals surface area contributed by atoms with Gasteiger partial charge in [0, 0.05) is 64.7 Å². The number of pyridine rings is 1. The Morgan fingerprint density at radius 2 is 1.44 bits per heavy atom. The molecular weight excluding hydrogens is 703 g/mol. The van der Waals surface area contributed by atoms with Crippen LogP contribution in [0.15, 0.2) is 72.6 Å². The molecule has 3 aromatic carbocycles. The molecule has 0 fully saturated rings. The van der Waals surface area contributed by atoms with E-state index in [1.807, 2.05) is 45.2 Å². The molecule has 1 N–H and O–H groups in total. The third-order valence-electron chi connectivity index (χ3n) is 7.20. The van der Waals surface area contributed by atoms with Crippen molar-refractivity contribution in [3.05, 3.63) is 89.8 Å². The van der Waals surface area contributed by atoms with Gasteiger partial charge in [0.25, 0.3) is 0 Å². The van der Waals surface area contributed by atoms with Gasteiger partial charge in [0.05, 0.1) is 5.76 Å². The van der Waals surface area contributed by atoms with E-state index in [0.29, 0.717) is 11.8 Å². The Labute approximate surface area is 262 Å². The predicted octanol–water partition coefficient (Wildman–Crippen LogP) is 10.6. The second-order valence-electron chi connectivity index (χ2n) is 11.6. The van der Waals surface area contributed by atoms with E-state index in [-0.39, 0.29) is 43.5 Å². The molecule has 0 bridgehead atoms. The van der Waals surface area contributed by atoms with Gasteiger partial charge in [0.2, 0.25) is 0 Å². The predicted molar refractivity (Wildman–Crippen MR) is 172 cm³/mol. The molecular formula is C36H40IrNO2S-. The van der Waals surface area contributed by atoms with Crippen molar-refractivity contribution in [3.8, 4) is 11.3 Å². The SMILES string of the molecule is CC(C)C(=O)/C=C(\O)C(C)C.CC(C)c1cc(-c2nccc3c2sc2c(C(C)C)cccc23)[c-]c2ccccc12.[Ir]. The van der Waals surface area contributed by atoms with E-state index in [0.717, 1.165) is 16.6 Å². The molecule has 3 nitrogen and oxygen atoms in total. The van der Waals surface area contributed by atoms with Crippen LogP contribution in [0.2, 0.25) is 0 Å². The first-order chi connectivity index (χ1) is 19.0. The first kappa shape index (κ1) is 32.7. The second-order valence-corrected chi connectivity index (χ2v) is 12.7. The number of aliphatic hydroxyl groups excluding tert-OH is 1. The van der Waals surface area contributed by atoms with E-state index in [1.54, 1.807) is 0 Å². The molecule has 5 heteroatoms. The second kappa shape index (κ2) is 13.9. The summed E-state index contributed by atoms with van der Waals surface area (Å²) in [5.41, 5.74) is 4.92. The van der Waals surface area contributed by atoms with Crippen molar-refractivity contribution in [1.29, 1.82) is 0 Å². The fourth-order valence-corrected chi connectivity index (χ4v) is 6.20. The Kier molecular flexibility index (Phi) is 11.1. The number of carbonyl (C=O) groups is 1. The summed E-state index contributed by atoms with van der Waals surface area (Å²) in [5, 5.41) is 14.3. The standard InChI is InChI=1S/C27H24NS.C9H16O2.Ir/c1-16(2)20-10-7-11-22-23-12-13-28-25(27(23)29-26(20)22)19-14-18-8-5-6-9-21(18)24(15-19)17(3)4;1-6(2)8(10)5-9(11)7(3)4;/h5-13,15-17H,1-4H3;5-7,10H,1-4H3;/q-1;;/b;8-5-;. The zero-order chi connectivity index (χ0) is 29.1. The number of ketones is 1. The van der Waals surface area contributed by atoms with Gasteiger partial charge >= 0.3 is 0 Å². The molecule has 0 spiro atoms. The maximum absolute atomic E-state index is 11.0. The van der Waals surface area contributed by atoms with Crippen molar-refractivity contribution >= 4 is 48.1 Å². The van der Waals surface area contributed by atoms with E-state index in [9.17, 15) is 9.90 Å². The number of aromatic nitrogens is 1. The minimum atomic E-state index is -0.0316. The van der Waals surface area contributed by atoms with Crippen LogP contribution < -0.4 is 0 Å². The average Bonchev–Trinajstić information content (AvgIpc) is 3.31. The van der Waals surface area contributed by atoms with Crippen molar-refractivity contribution in [2.24, 2.45) is 11.8 Å². The zero-order valence-electron chi connectivity index (χ0n) is 25.2. The van der Waals surface area contributed by atoms with E-state index >= 15 is 0 Å². The number of thiophene rings is 1.